The number of benzene rings is 1. The minimum absolute atomic E-state index is 0.0720. The summed E-state index contributed by atoms with van der Waals surface area (Å²) in [5.74, 6) is -0.0813. The molecule has 1 N–H and O–H groups in total. The van der Waals surface area contributed by atoms with Gasteiger partial charge < -0.3 is 15.0 Å². The molecule has 0 bridgehead atoms. The zero-order valence-electron chi connectivity index (χ0n) is 12.2. The van der Waals surface area contributed by atoms with E-state index in [1.165, 1.54) is 13.0 Å². The average Bonchev–Trinajstić information content (AvgIpc) is 2.45. The van der Waals surface area contributed by atoms with Crippen molar-refractivity contribution in [2.24, 2.45) is 0 Å². The van der Waals surface area contributed by atoms with Crippen molar-refractivity contribution >= 4 is 17.3 Å². The number of hydrogen-bond donors (Lipinski definition) is 1. The second-order valence-corrected chi connectivity index (χ2v) is 5.10. The summed E-state index contributed by atoms with van der Waals surface area (Å²) < 4.78 is 5.62. The molecule has 1 aliphatic rings. The van der Waals surface area contributed by atoms with Gasteiger partial charge in [0.25, 0.3) is 5.69 Å². The molecule has 1 heterocycles. The quantitative estimate of drug-likeness (QED) is 0.667. The molecule has 114 valence electrons. The van der Waals surface area contributed by atoms with E-state index < -0.39 is 4.92 Å². The molecule has 1 aromatic carbocycles. The molecule has 21 heavy (non-hydrogen) atoms. The molecule has 0 unspecified atom stereocenters. The number of nitro groups is 1. The van der Waals surface area contributed by atoms with E-state index in [9.17, 15) is 14.9 Å². The zero-order valence-corrected chi connectivity index (χ0v) is 12.2. The lowest BCUT2D eigenvalue weighted by Gasteiger charge is -2.35. The van der Waals surface area contributed by atoms with E-state index in [1.54, 1.807) is 12.1 Å². The van der Waals surface area contributed by atoms with Gasteiger partial charge in [-0.2, -0.15) is 0 Å². The van der Waals surface area contributed by atoms with E-state index in [1.807, 2.05) is 6.92 Å². The molecule has 1 amide bonds. The summed E-state index contributed by atoms with van der Waals surface area (Å²) in [6, 6.07) is 4.86. The van der Waals surface area contributed by atoms with Gasteiger partial charge in [-0.3, -0.25) is 14.9 Å². The first-order valence-electron chi connectivity index (χ1n) is 6.83. The summed E-state index contributed by atoms with van der Waals surface area (Å²) in [6.45, 7) is 5.76. The molecule has 1 atom stereocenters. The van der Waals surface area contributed by atoms with Crippen LogP contribution in [0.3, 0.4) is 0 Å². The fourth-order valence-electron chi connectivity index (χ4n) is 2.43. The highest BCUT2D eigenvalue weighted by molar-refractivity contribution is 5.72. The third-order valence-electron chi connectivity index (χ3n) is 3.45. The van der Waals surface area contributed by atoms with Crippen molar-refractivity contribution < 1.29 is 14.5 Å². The molecule has 0 saturated carbocycles. The normalized spacial score (nSPS) is 18.4. The summed E-state index contributed by atoms with van der Waals surface area (Å²) in [5, 5.41) is 13.5. The van der Waals surface area contributed by atoms with E-state index in [4.69, 9.17) is 4.74 Å². The van der Waals surface area contributed by atoms with Crippen LogP contribution in [0.1, 0.15) is 12.5 Å². The van der Waals surface area contributed by atoms with Crippen LogP contribution in [-0.2, 0) is 9.53 Å². The Bertz CT molecular complexity index is 547. The molecule has 1 aromatic rings. The standard InChI is InChI=1S/C14H19N3O4/c1-10-7-12(17(19)20)3-4-14(10)16-5-6-21-13(9-16)8-15-11(2)18/h3-4,7,13H,5-6,8-9H2,1-2H3,(H,15,18)/t13-/m1/s1. The van der Waals surface area contributed by atoms with E-state index >= 15 is 0 Å². The first-order valence-corrected chi connectivity index (χ1v) is 6.83. The lowest BCUT2D eigenvalue weighted by molar-refractivity contribution is -0.384. The summed E-state index contributed by atoms with van der Waals surface area (Å²) in [4.78, 5) is 23.5. The predicted molar refractivity (Wildman–Crippen MR) is 78.5 cm³/mol. The highest BCUT2D eigenvalue weighted by Gasteiger charge is 2.22. The maximum absolute atomic E-state index is 10.9. The smallest absolute Gasteiger partial charge is 0.269 e. The van der Waals surface area contributed by atoms with Gasteiger partial charge in [0.15, 0.2) is 0 Å². The number of aryl methyl sites for hydroxylation is 1. The fourth-order valence-corrected chi connectivity index (χ4v) is 2.43. The Hall–Kier alpha value is -2.15. The van der Waals surface area contributed by atoms with Gasteiger partial charge in [0.05, 0.1) is 17.6 Å². The number of rotatable bonds is 4. The number of carbonyl (C=O) groups excluding carboxylic acids is 1. The Balaban J connectivity index is 2.07. The van der Waals surface area contributed by atoms with Crippen molar-refractivity contribution in [1.82, 2.24) is 5.32 Å². The van der Waals surface area contributed by atoms with Gasteiger partial charge in [-0.1, -0.05) is 0 Å². The number of anilines is 1. The van der Waals surface area contributed by atoms with Crippen molar-refractivity contribution in [3.8, 4) is 0 Å². The van der Waals surface area contributed by atoms with Gasteiger partial charge >= 0.3 is 0 Å². The van der Waals surface area contributed by atoms with Gasteiger partial charge in [-0.05, 0) is 18.6 Å². The van der Waals surface area contributed by atoms with E-state index in [-0.39, 0.29) is 17.7 Å². The summed E-state index contributed by atoms with van der Waals surface area (Å²) in [5.41, 5.74) is 1.93. The topological polar surface area (TPSA) is 84.7 Å². The first-order chi connectivity index (χ1) is 9.97. The zero-order chi connectivity index (χ0) is 15.4. The second kappa shape index (κ2) is 6.53. The number of morpholine rings is 1. The lowest BCUT2D eigenvalue weighted by atomic mass is 10.1. The van der Waals surface area contributed by atoms with Crippen molar-refractivity contribution in [2.45, 2.75) is 20.0 Å². The molecule has 1 aliphatic heterocycles. The highest BCUT2D eigenvalue weighted by Crippen LogP contribution is 2.26. The van der Waals surface area contributed by atoms with Crippen LogP contribution in [0.15, 0.2) is 18.2 Å². The predicted octanol–water partition coefficient (Wildman–Crippen LogP) is 1.24. The van der Waals surface area contributed by atoms with Crippen LogP contribution in [0, 0.1) is 17.0 Å². The molecular weight excluding hydrogens is 274 g/mol. The number of amides is 1. The van der Waals surface area contributed by atoms with Crippen molar-refractivity contribution in [3.05, 3.63) is 33.9 Å². The van der Waals surface area contributed by atoms with Crippen LogP contribution < -0.4 is 10.2 Å². The van der Waals surface area contributed by atoms with Crippen molar-refractivity contribution in [1.29, 1.82) is 0 Å². The van der Waals surface area contributed by atoms with Crippen LogP contribution in [0.4, 0.5) is 11.4 Å². The van der Waals surface area contributed by atoms with E-state index in [0.29, 0.717) is 19.7 Å². The first kappa shape index (κ1) is 15.2. The fraction of sp³-hybridized carbons (Fsp3) is 0.500. The number of nitrogens with zero attached hydrogens (tertiary/aromatic N) is 2. The summed E-state index contributed by atoms with van der Waals surface area (Å²) in [7, 11) is 0. The summed E-state index contributed by atoms with van der Waals surface area (Å²) >= 11 is 0. The molecule has 2 rings (SSSR count). The van der Waals surface area contributed by atoms with E-state index in [2.05, 4.69) is 10.2 Å². The minimum atomic E-state index is -0.393. The van der Waals surface area contributed by atoms with Gasteiger partial charge in [-0.25, -0.2) is 0 Å². The molecule has 7 nitrogen and oxygen atoms in total. The SMILES string of the molecule is CC(=O)NC[C@@H]1CN(c2ccc([N+](=O)[O-])cc2C)CCO1. The Morgan fingerprint density at radius 1 is 1.57 bits per heavy atom. The highest BCUT2D eigenvalue weighted by atomic mass is 16.6. The number of ether oxygens (including phenoxy) is 1. The lowest BCUT2D eigenvalue weighted by Crippen LogP contribution is -2.47. The molecule has 0 radical (unpaired) electrons. The van der Waals surface area contributed by atoms with Crippen molar-refractivity contribution in [3.63, 3.8) is 0 Å². The van der Waals surface area contributed by atoms with Crippen LogP contribution in [0.2, 0.25) is 0 Å². The van der Waals surface area contributed by atoms with Crippen LogP contribution in [0.5, 0.6) is 0 Å². The Kier molecular flexibility index (Phi) is 4.74. The number of hydrogen-bond acceptors (Lipinski definition) is 5. The maximum Gasteiger partial charge on any atom is 0.269 e. The molecule has 7 heteroatoms. The monoisotopic (exact) mass is 293 g/mol. The van der Waals surface area contributed by atoms with Crippen LogP contribution >= 0.6 is 0 Å². The number of nitrogens with one attached hydrogen (secondary N) is 1. The van der Waals surface area contributed by atoms with Crippen molar-refractivity contribution in [2.75, 3.05) is 31.1 Å². The average molecular weight is 293 g/mol. The Morgan fingerprint density at radius 2 is 2.33 bits per heavy atom. The molecular formula is C14H19N3O4. The third kappa shape index (κ3) is 3.91. The van der Waals surface area contributed by atoms with Crippen LogP contribution in [-0.4, -0.2) is 43.2 Å². The molecule has 1 saturated heterocycles. The number of non-ortho nitro benzene ring substituents is 1. The third-order valence-corrected chi connectivity index (χ3v) is 3.45. The van der Waals surface area contributed by atoms with Crippen LogP contribution in [0.25, 0.3) is 0 Å². The van der Waals surface area contributed by atoms with Gasteiger partial charge in [-0.15, -0.1) is 0 Å². The largest absolute Gasteiger partial charge is 0.373 e. The summed E-state index contributed by atoms with van der Waals surface area (Å²) in [6.07, 6.45) is -0.0720. The molecule has 1 fully saturated rings. The maximum atomic E-state index is 10.9. The van der Waals surface area contributed by atoms with Gasteiger partial charge in [0.1, 0.15) is 0 Å². The molecule has 0 spiro atoms. The second-order valence-electron chi connectivity index (χ2n) is 5.10. The van der Waals surface area contributed by atoms with Gasteiger partial charge in [0, 0.05) is 44.4 Å². The minimum Gasteiger partial charge on any atom is -0.373 e. The molecule has 0 aliphatic carbocycles. The van der Waals surface area contributed by atoms with E-state index in [0.717, 1.165) is 17.8 Å². The molecule has 0 aromatic heterocycles. The Morgan fingerprint density at radius 3 is 2.95 bits per heavy atom. The Labute approximate surface area is 123 Å². The number of carbonyl (C=O) groups is 1. The van der Waals surface area contributed by atoms with Gasteiger partial charge in [0.2, 0.25) is 5.91 Å². The number of nitro benzene ring substituents is 1.